The van der Waals surface area contributed by atoms with Crippen LogP contribution in [0.25, 0.3) is 0 Å². The first-order valence-corrected chi connectivity index (χ1v) is 15.9. The molecule has 5 rings (SSSR count). The maximum atomic E-state index is 13.9. The molecule has 0 aromatic heterocycles. The maximum absolute atomic E-state index is 13.9. The van der Waals surface area contributed by atoms with Crippen molar-refractivity contribution >= 4 is 21.8 Å². The number of nitrogens with zero attached hydrogens (tertiary/aromatic N) is 1. The zero-order chi connectivity index (χ0) is 29.5. The van der Waals surface area contributed by atoms with Crippen LogP contribution in [-0.2, 0) is 37.3 Å². The van der Waals surface area contributed by atoms with E-state index in [-0.39, 0.29) is 47.6 Å². The quantitative estimate of drug-likeness (QED) is 0.308. The minimum atomic E-state index is -3.56. The van der Waals surface area contributed by atoms with Gasteiger partial charge in [-0.15, -0.1) is 0 Å². The van der Waals surface area contributed by atoms with Crippen LogP contribution in [0.15, 0.2) is 83.8 Å². The molecular formula is C32H36FN3O5S. The molecule has 1 aliphatic carbocycles. The summed E-state index contributed by atoms with van der Waals surface area (Å²) in [6, 6.07) is 20.6. The van der Waals surface area contributed by atoms with Gasteiger partial charge in [-0.05, 0) is 73.1 Å². The Morgan fingerprint density at radius 2 is 1.62 bits per heavy atom. The van der Waals surface area contributed by atoms with E-state index in [0.717, 1.165) is 31.2 Å². The van der Waals surface area contributed by atoms with Crippen LogP contribution in [0.4, 0.5) is 4.39 Å². The predicted octanol–water partition coefficient (Wildman–Crippen LogP) is 4.26. The fraction of sp³-hybridized carbons (Fsp3) is 0.375. The number of rotatable bonds is 13. The SMILES string of the molecule is O=C(NC[C@H]1CCCO1)[C@H](c1ccccc1)N(Cc1ccc(F)cc1)C(=O)CCc1ccc(S(=O)(=O)NC2CC2)cc1. The molecule has 0 bridgehead atoms. The molecule has 1 heterocycles. The van der Waals surface area contributed by atoms with E-state index < -0.39 is 16.1 Å². The van der Waals surface area contributed by atoms with Crippen LogP contribution < -0.4 is 10.0 Å². The van der Waals surface area contributed by atoms with E-state index in [9.17, 15) is 22.4 Å². The van der Waals surface area contributed by atoms with Crippen molar-refractivity contribution in [1.82, 2.24) is 14.9 Å². The van der Waals surface area contributed by atoms with Gasteiger partial charge in [0.1, 0.15) is 11.9 Å². The number of amides is 2. The highest BCUT2D eigenvalue weighted by Gasteiger charge is 2.32. The Hall–Kier alpha value is -3.60. The van der Waals surface area contributed by atoms with Crippen molar-refractivity contribution in [2.24, 2.45) is 0 Å². The highest BCUT2D eigenvalue weighted by atomic mass is 32.2. The van der Waals surface area contributed by atoms with E-state index in [1.54, 1.807) is 36.4 Å². The molecule has 1 saturated heterocycles. The Kier molecular flexibility index (Phi) is 9.66. The first kappa shape index (κ1) is 29.9. The number of nitrogens with one attached hydrogen (secondary N) is 2. The van der Waals surface area contributed by atoms with Crippen LogP contribution in [0.3, 0.4) is 0 Å². The highest BCUT2D eigenvalue weighted by molar-refractivity contribution is 7.89. The summed E-state index contributed by atoms with van der Waals surface area (Å²) in [5.41, 5.74) is 2.15. The number of aryl methyl sites for hydroxylation is 1. The van der Waals surface area contributed by atoms with Crippen molar-refractivity contribution in [3.63, 3.8) is 0 Å². The van der Waals surface area contributed by atoms with Crippen LogP contribution in [-0.4, -0.2) is 50.4 Å². The Morgan fingerprint density at radius 3 is 2.26 bits per heavy atom. The number of carbonyl (C=O) groups excluding carboxylic acids is 2. The summed E-state index contributed by atoms with van der Waals surface area (Å²) >= 11 is 0. The molecule has 10 heteroatoms. The molecular weight excluding hydrogens is 557 g/mol. The van der Waals surface area contributed by atoms with Crippen LogP contribution >= 0.6 is 0 Å². The van der Waals surface area contributed by atoms with E-state index in [4.69, 9.17) is 4.74 Å². The molecule has 8 nitrogen and oxygen atoms in total. The molecule has 2 atom stereocenters. The lowest BCUT2D eigenvalue weighted by molar-refractivity contribution is -0.141. The van der Waals surface area contributed by atoms with Crippen molar-refractivity contribution in [2.75, 3.05) is 13.2 Å². The lowest BCUT2D eigenvalue weighted by Gasteiger charge is -2.32. The topological polar surface area (TPSA) is 105 Å². The number of benzene rings is 3. The normalized spacial score (nSPS) is 17.5. The van der Waals surface area contributed by atoms with Crippen LogP contribution in [0.1, 0.15) is 54.8 Å². The minimum Gasteiger partial charge on any atom is -0.376 e. The Bertz CT molecular complexity index is 1460. The highest BCUT2D eigenvalue weighted by Crippen LogP contribution is 2.26. The van der Waals surface area contributed by atoms with Gasteiger partial charge in [-0.1, -0.05) is 54.6 Å². The molecule has 42 heavy (non-hydrogen) atoms. The second-order valence-corrected chi connectivity index (χ2v) is 12.6. The first-order chi connectivity index (χ1) is 20.3. The van der Waals surface area contributed by atoms with E-state index in [1.165, 1.54) is 17.0 Å². The Morgan fingerprint density at radius 1 is 0.929 bits per heavy atom. The summed E-state index contributed by atoms with van der Waals surface area (Å²) in [4.78, 5) is 29.3. The molecule has 1 saturated carbocycles. The van der Waals surface area contributed by atoms with Gasteiger partial charge in [0.2, 0.25) is 21.8 Å². The van der Waals surface area contributed by atoms with Crippen molar-refractivity contribution < 1.29 is 27.1 Å². The fourth-order valence-electron chi connectivity index (χ4n) is 5.05. The monoisotopic (exact) mass is 593 g/mol. The average Bonchev–Trinajstić information content (AvgIpc) is 3.64. The van der Waals surface area contributed by atoms with E-state index in [0.29, 0.717) is 30.7 Å². The largest absolute Gasteiger partial charge is 0.376 e. The van der Waals surface area contributed by atoms with Gasteiger partial charge in [0.25, 0.3) is 0 Å². The lowest BCUT2D eigenvalue weighted by atomic mass is 10.0. The van der Waals surface area contributed by atoms with Crippen molar-refractivity contribution in [2.45, 2.75) is 68.2 Å². The zero-order valence-corrected chi connectivity index (χ0v) is 24.2. The fourth-order valence-corrected chi connectivity index (χ4v) is 6.36. The first-order valence-electron chi connectivity index (χ1n) is 14.4. The molecule has 2 aliphatic rings. The average molecular weight is 594 g/mol. The summed E-state index contributed by atoms with van der Waals surface area (Å²) < 4.78 is 47.0. The van der Waals surface area contributed by atoms with Gasteiger partial charge in [-0.3, -0.25) is 9.59 Å². The smallest absolute Gasteiger partial charge is 0.247 e. The van der Waals surface area contributed by atoms with Gasteiger partial charge in [0, 0.05) is 32.2 Å². The number of sulfonamides is 1. The number of hydrogen-bond acceptors (Lipinski definition) is 5. The van der Waals surface area contributed by atoms with E-state index in [1.807, 2.05) is 30.3 Å². The molecule has 0 spiro atoms. The van der Waals surface area contributed by atoms with Crippen LogP contribution in [0, 0.1) is 5.82 Å². The van der Waals surface area contributed by atoms with Gasteiger partial charge >= 0.3 is 0 Å². The molecule has 0 unspecified atom stereocenters. The molecule has 2 amide bonds. The lowest BCUT2D eigenvalue weighted by Crippen LogP contribution is -2.45. The molecule has 0 radical (unpaired) electrons. The summed E-state index contributed by atoms with van der Waals surface area (Å²) in [6.07, 6.45) is 3.91. The van der Waals surface area contributed by atoms with Gasteiger partial charge in [-0.2, -0.15) is 0 Å². The molecule has 222 valence electrons. The number of ether oxygens (including phenoxy) is 1. The third-order valence-electron chi connectivity index (χ3n) is 7.55. The van der Waals surface area contributed by atoms with Crippen molar-refractivity contribution in [1.29, 1.82) is 0 Å². The molecule has 3 aromatic rings. The summed E-state index contributed by atoms with van der Waals surface area (Å²) in [6.45, 7) is 1.13. The van der Waals surface area contributed by atoms with Gasteiger partial charge < -0.3 is 15.0 Å². The summed E-state index contributed by atoms with van der Waals surface area (Å²) in [5, 5.41) is 2.98. The van der Waals surface area contributed by atoms with Gasteiger partial charge in [0.15, 0.2) is 0 Å². The van der Waals surface area contributed by atoms with Crippen molar-refractivity contribution in [3.8, 4) is 0 Å². The standard InChI is InChI=1S/C32H36FN3O5S/c33-26-13-8-24(9-14-26)22-36(31(25-5-2-1-3-6-25)32(38)34-21-28-7-4-20-41-28)30(37)19-12-23-10-17-29(18-11-23)42(39,40)35-27-15-16-27/h1-3,5-6,8-11,13-14,17-18,27-28,31,35H,4,7,12,15-16,19-22H2,(H,34,38)/t28-,31+/m1/s1. The molecule has 3 aromatic carbocycles. The predicted molar refractivity (Wildman–Crippen MR) is 156 cm³/mol. The second kappa shape index (κ2) is 13.6. The zero-order valence-electron chi connectivity index (χ0n) is 23.4. The van der Waals surface area contributed by atoms with E-state index in [2.05, 4.69) is 10.0 Å². The second-order valence-electron chi connectivity index (χ2n) is 10.9. The number of hydrogen-bond donors (Lipinski definition) is 2. The Balaban J connectivity index is 1.35. The minimum absolute atomic E-state index is 0.0137. The number of carbonyl (C=O) groups is 2. The molecule has 1 aliphatic heterocycles. The van der Waals surface area contributed by atoms with Crippen LogP contribution in [0.5, 0.6) is 0 Å². The summed E-state index contributed by atoms with van der Waals surface area (Å²) in [7, 11) is -3.56. The molecule has 2 fully saturated rings. The molecule has 2 N–H and O–H groups in total. The van der Waals surface area contributed by atoms with Crippen LogP contribution in [0.2, 0.25) is 0 Å². The van der Waals surface area contributed by atoms with E-state index >= 15 is 0 Å². The Labute approximate surface area is 246 Å². The maximum Gasteiger partial charge on any atom is 0.247 e. The number of halogens is 1. The van der Waals surface area contributed by atoms with Gasteiger partial charge in [0.05, 0.1) is 11.0 Å². The van der Waals surface area contributed by atoms with Gasteiger partial charge in [-0.25, -0.2) is 17.5 Å². The third-order valence-corrected chi connectivity index (χ3v) is 9.09. The summed E-state index contributed by atoms with van der Waals surface area (Å²) in [5.74, 6) is -0.958. The third kappa shape index (κ3) is 8.02. The van der Waals surface area contributed by atoms with Crippen molar-refractivity contribution in [3.05, 3.63) is 101 Å².